The molecule has 0 aliphatic carbocycles. The van der Waals surface area contributed by atoms with Crippen LogP contribution in [0.25, 0.3) is 20.7 Å². The Hall–Kier alpha value is -3.41. The van der Waals surface area contributed by atoms with E-state index in [0.717, 1.165) is 22.0 Å². The van der Waals surface area contributed by atoms with Gasteiger partial charge in [-0.1, -0.05) is 0 Å². The Bertz CT molecular complexity index is 1220. The van der Waals surface area contributed by atoms with Crippen LogP contribution in [0.3, 0.4) is 0 Å². The van der Waals surface area contributed by atoms with Crippen LogP contribution in [0.4, 0.5) is 0 Å². The van der Waals surface area contributed by atoms with Crippen LogP contribution >= 0.6 is 11.3 Å². The normalized spacial score (nSPS) is 11.1. The number of benzene rings is 1. The molecule has 0 saturated heterocycles. The summed E-state index contributed by atoms with van der Waals surface area (Å²) in [5, 5.41) is 8.96. The van der Waals surface area contributed by atoms with Gasteiger partial charge < -0.3 is 14.1 Å². The maximum atomic E-state index is 12.7. The lowest BCUT2D eigenvalue weighted by molar-refractivity contribution is 0.235. The SMILES string of the molecule is COc1ccc(-c2cc3nc(CN(CCC#N)Cc4ccco4)[nH]c(=O)c3s2)cc1. The molecule has 4 rings (SSSR count). The summed E-state index contributed by atoms with van der Waals surface area (Å²) < 4.78 is 11.2. The summed E-state index contributed by atoms with van der Waals surface area (Å²) in [7, 11) is 1.63. The molecule has 8 heteroatoms. The number of nitriles is 1. The zero-order chi connectivity index (χ0) is 20.9. The smallest absolute Gasteiger partial charge is 0.268 e. The second kappa shape index (κ2) is 8.95. The third kappa shape index (κ3) is 4.43. The van der Waals surface area contributed by atoms with Crippen LogP contribution in [-0.2, 0) is 13.1 Å². The highest BCUT2D eigenvalue weighted by Crippen LogP contribution is 2.31. The van der Waals surface area contributed by atoms with Gasteiger partial charge in [-0.2, -0.15) is 5.26 Å². The number of nitrogens with one attached hydrogen (secondary N) is 1. The van der Waals surface area contributed by atoms with E-state index in [0.29, 0.717) is 42.1 Å². The number of hydrogen-bond acceptors (Lipinski definition) is 7. The summed E-state index contributed by atoms with van der Waals surface area (Å²) >= 11 is 1.42. The summed E-state index contributed by atoms with van der Waals surface area (Å²) in [6.07, 6.45) is 2.00. The third-order valence-electron chi connectivity index (χ3n) is 4.68. The molecule has 0 aliphatic rings. The molecule has 0 amide bonds. The minimum Gasteiger partial charge on any atom is -0.497 e. The molecular weight excluding hydrogens is 400 g/mol. The fourth-order valence-electron chi connectivity index (χ4n) is 3.22. The van der Waals surface area contributed by atoms with Crippen molar-refractivity contribution in [3.8, 4) is 22.3 Å². The first-order valence-electron chi connectivity index (χ1n) is 9.45. The van der Waals surface area contributed by atoms with Crippen molar-refractivity contribution in [2.24, 2.45) is 0 Å². The summed E-state index contributed by atoms with van der Waals surface area (Å²) in [6.45, 7) is 1.51. The molecule has 0 saturated carbocycles. The maximum Gasteiger partial charge on any atom is 0.268 e. The molecule has 0 atom stereocenters. The number of aromatic nitrogens is 2. The third-order valence-corrected chi connectivity index (χ3v) is 5.85. The zero-order valence-electron chi connectivity index (χ0n) is 16.4. The van der Waals surface area contributed by atoms with Gasteiger partial charge in [-0.05, 0) is 48.0 Å². The molecule has 0 fully saturated rings. The van der Waals surface area contributed by atoms with Gasteiger partial charge in [0, 0.05) is 17.8 Å². The van der Waals surface area contributed by atoms with E-state index in [2.05, 4.69) is 16.0 Å². The van der Waals surface area contributed by atoms with Gasteiger partial charge in [-0.15, -0.1) is 11.3 Å². The molecule has 1 N–H and O–H groups in total. The van der Waals surface area contributed by atoms with Crippen molar-refractivity contribution in [3.05, 3.63) is 70.7 Å². The lowest BCUT2D eigenvalue weighted by Gasteiger charge is -2.19. The highest BCUT2D eigenvalue weighted by Gasteiger charge is 2.14. The Morgan fingerprint density at radius 1 is 1.27 bits per heavy atom. The molecule has 3 heterocycles. The quantitative estimate of drug-likeness (QED) is 0.460. The number of methoxy groups -OCH3 is 1. The van der Waals surface area contributed by atoms with Crippen molar-refractivity contribution in [1.29, 1.82) is 5.26 Å². The molecule has 0 radical (unpaired) electrons. The average Bonchev–Trinajstić information content (AvgIpc) is 3.42. The Morgan fingerprint density at radius 2 is 2.10 bits per heavy atom. The van der Waals surface area contributed by atoms with Gasteiger partial charge in [0.1, 0.15) is 22.0 Å². The van der Waals surface area contributed by atoms with Gasteiger partial charge in [0.2, 0.25) is 0 Å². The fourth-order valence-corrected chi connectivity index (χ4v) is 4.21. The lowest BCUT2D eigenvalue weighted by Crippen LogP contribution is -2.26. The van der Waals surface area contributed by atoms with Gasteiger partial charge in [-0.3, -0.25) is 9.69 Å². The molecule has 7 nitrogen and oxygen atoms in total. The van der Waals surface area contributed by atoms with E-state index < -0.39 is 0 Å². The van der Waals surface area contributed by atoms with Gasteiger partial charge in [0.15, 0.2) is 0 Å². The van der Waals surface area contributed by atoms with E-state index in [4.69, 9.17) is 14.4 Å². The standard InChI is InChI=1S/C22H20N4O3S/c1-28-16-7-5-15(6-8-16)19-12-18-21(30-19)22(27)25-20(24-18)14-26(10-3-9-23)13-17-4-2-11-29-17/h2,4-8,11-12H,3,10,13-14H2,1H3,(H,24,25,27). The van der Waals surface area contributed by atoms with Crippen molar-refractivity contribution in [3.63, 3.8) is 0 Å². The number of rotatable bonds is 8. The highest BCUT2D eigenvalue weighted by atomic mass is 32.1. The van der Waals surface area contributed by atoms with Gasteiger partial charge in [0.05, 0.1) is 38.0 Å². The monoisotopic (exact) mass is 420 g/mol. The number of thiophene rings is 1. The fraction of sp³-hybridized carbons (Fsp3) is 0.227. The molecule has 0 bridgehead atoms. The minimum atomic E-state index is -0.155. The van der Waals surface area contributed by atoms with E-state index in [1.807, 2.05) is 47.4 Å². The Kier molecular flexibility index (Phi) is 5.93. The Balaban J connectivity index is 1.60. The summed E-state index contributed by atoms with van der Waals surface area (Å²) in [6, 6.07) is 15.5. The molecule has 152 valence electrons. The predicted molar refractivity (Wildman–Crippen MR) is 115 cm³/mol. The molecule has 1 aromatic carbocycles. The number of nitrogens with zero attached hydrogens (tertiary/aromatic N) is 3. The van der Waals surface area contributed by atoms with Crippen LogP contribution in [0.15, 0.2) is 57.9 Å². The van der Waals surface area contributed by atoms with E-state index in [1.165, 1.54) is 11.3 Å². The molecule has 0 aliphatic heterocycles. The first kappa shape index (κ1) is 19.9. The zero-order valence-corrected chi connectivity index (χ0v) is 17.2. The van der Waals surface area contributed by atoms with Gasteiger partial charge in [-0.25, -0.2) is 4.98 Å². The van der Waals surface area contributed by atoms with Gasteiger partial charge in [0.25, 0.3) is 5.56 Å². The van der Waals surface area contributed by atoms with Crippen molar-refractivity contribution in [1.82, 2.24) is 14.9 Å². The van der Waals surface area contributed by atoms with Crippen LogP contribution in [0.1, 0.15) is 18.0 Å². The molecular formula is C22H20N4O3S. The van der Waals surface area contributed by atoms with Crippen molar-refractivity contribution >= 4 is 21.6 Å². The number of ether oxygens (including phenoxy) is 1. The number of furan rings is 1. The van der Waals surface area contributed by atoms with E-state index in [1.54, 1.807) is 13.4 Å². The van der Waals surface area contributed by atoms with Crippen molar-refractivity contribution in [2.75, 3.05) is 13.7 Å². The summed E-state index contributed by atoms with van der Waals surface area (Å²) in [5.74, 6) is 2.15. The van der Waals surface area contributed by atoms with Crippen LogP contribution in [0, 0.1) is 11.3 Å². The Labute approximate surface area is 177 Å². The molecule has 30 heavy (non-hydrogen) atoms. The maximum absolute atomic E-state index is 12.7. The largest absolute Gasteiger partial charge is 0.497 e. The van der Waals surface area contributed by atoms with Crippen LogP contribution < -0.4 is 10.3 Å². The van der Waals surface area contributed by atoms with Crippen LogP contribution in [0.5, 0.6) is 5.75 Å². The highest BCUT2D eigenvalue weighted by molar-refractivity contribution is 7.22. The molecule has 3 aromatic heterocycles. The second-order valence-corrected chi connectivity index (χ2v) is 7.82. The molecule has 0 spiro atoms. The first-order valence-corrected chi connectivity index (χ1v) is 10.3. The summed E-state index contributed by atoms with van der Waals surface area (Å²) in [5.41, 5.74) is 1.52. The van der Waals surface area contributed by atoms with Crippen molar-refractivity contribution < 1.29 is 9.15 Å². The number of fused-ring (bicyclic) bond motifs is 1. The topological polar surface area (TPSA) is 95.2 Å². The number of H-pyrrole nitrogens is 1. The second-order valence-electron chi connectivity index (χ2n) is 6.76. The Morgan fingerprint density at radius 3 is 2.80 bits per heavy atom. The van der Waals surface area contributed by atoms with Crippen LogP contribution in [0.2, 0.25) is 0 Å². The number of hydrogen-bond donors (Lipinski definition) is 1. The van der Waals surface area contributed by atoms with E-state index in [-0.39, 0.29) is 5.56 Å². The van der Waals surface area contributed by atoms with Crippen molar-refractivity contribution in [2.45, 2.75) is 19.5 Å². The lowest BCUT2D eigenvalue weighted by atomic mass is 10.2. The summed E-state index contributed by atoms with van der Waals surface area (Å²) in [4.78, 5) is 23.2. The van der Waals surface area contributed by atoms with Gasteiger partial charge >= 0.3 is 0 Å². The number of aromatic amines is 1. The average molecular weight is 420 g/mol. The first-order chi connectivity index (χ1) is 14.7. The predicted octanol–water partition coefficient (Wildman–Crippen LogP) is 4.17. The van der Waals surface area contributed by atoms with Crippen LogP contribution in [-0.4, -0.2) is 28.5 Å². The minimum absolute atomic E-state index is 0.155. The van der Waals surface area contributed by atoms with E-state index >= 15 is 0 Å². The molecule has 4 aromatic rings. The van der Waals surface area contributed by atoms with E-state index in [9.17, 15) is 4.79 Å². The molecule has 0 unspecified atom stereocenters.